The van der Waals surface area contributed by atoms with Crippen molar-refractivity contribution in [1.82, 2.24) is 14.8 Å². The summed E-state index contributed by atoms with van der Waals surface area (Å²) >= 11 is 0. The van der Waals surface area contributed by atoms with Crippen LogP contribution in [0.3, 0.4) is 0 Å². The van der Waals surface area contributed by atoms with Gasteiger partial charge in [0.1, 0.15) is 0 Å². The smallest absolute Gasteiger partial charge is 0.0672 e. The third-order valence-corrected chi connectivity index (χ3v) is 3.01. The van der Waals surface area contributed by atoms with Gasteiger partial charge in [-0.05, 0) is 24.6 Å². The second-order valence-corrected chi connectivity index (χ2v) is 5.62. The average Bonchev–Trinajstić information content (AvgIpc) is 2.73. The molecule has 0 aromatic carbocycles. The normalized spacial score (nSPS) is 11.8. The van der Waals surface area contributed by atoms with E-state index in [1.807, 2.05) is 12.3 Å². The second kappa shape index (κ2) is 4.92. The van der Waals surface area contributed by atoms with Crippen LogP contribution in [0.4, 0.5) is 0 Å². The van der Waals surface area contributed by atoms with Gasteiger partial charge in [0.05, 0.1) is 5.69 Å². The predicted molar refractivity (Wildman–Crippen MR) is 73.6 cm³/mol. The molecule has 0 aliphatic heterocycles. The van der Waals surface area contributed by atoms with Crippen LogP contribution in [0.25, 0.3) is 0 Å². The predicted octanol–water partition coefficient (Wildman–Crippen LogP) is 3.19. The molecule has 0 saturated heterocycles. The van der Waals surface area contributed by atoms with Crippen molar-refractivity contribution in [2.45, 2.75) is 46.1 Å². The molecule has 2 aromatic rings. The van der Waals surface area contributed by atoms with Crippen molar-refractivity contribution in [2.75, 3.05) is 0 Å². The molecule has 0 unspecified atom stereocenters. The topological polar surface area (TPSA) is 30.7 Å². The van der Waals surface area contributed by atoms with Crippen molar-refractivity contribution in [2.24, 2.45) is 0 Å². The average molecular weight is 243 g/mol. The van der Waals surface area contributed by atoms with Gasteiger partial charge in [0.15, 0.2) is 0 Å². The summed E-state index contributed by atoms with van der Waals surface area (Å²) in [5, 5.41) is 4.68. The largest absolute Gasteiger partial charge is 0.269 e. The quantitative estimate of drug-likeness (QED) is 0.829. The maximum absolute atomic E-state index is 4.68. The summed E-state index contributed by atoms with van der Waals surface area (Å²) in [7, 11) is 0. The lowest BCUT2D eigenvalue weighted by Gasteiger charge is -2.19. The molecule has 0 N–H and O–H groups in total. The molecule has 2 heterocycles. The molecule has 3 nitrogen and oxygen atoms in total. The molecule has 2 aromatic heterocycles. The first-order valence-corrected chi connectivity index (χ1v) is 6.47. The first kappa shape index (κ1) is 12.8. The minimum Gasteiger partial charge on any atom is -0.269 e. The monoisotopic (exact) mass is 243 g/mol. The van der Waals surface area contributed by atoms with E-state index in [2.05, 4.69) is 54.6 Å². The van der Waals surface area contributed by atoms with Crippen LogP contribution < -0.4 is 0 Å². The van der Waals surface area contributed by atoms with Crippen molar-refractivity contribution in [3.05, 3.63) is 47.5 Å². The number of nitrogens with zero attached hydrogens (tertiary/aromatic N) is 3. The number of pyridine rings is 1. The summed E-state index contributed by atoms with van der Waals surface area (Å²) in [6.07, 6.45) is 4.56. The Morgan fingerprint density at radius 1 is 1.28 bits per heavy atom. The molecule has 0 aliphatic carbocycles. The zero-order valence-electron chi connectivity index (χ0n) is 11.6. The first-order chi connectivity index (χ1) is 8.50. The van der Waals surface area contributed by atoms with Crippen molar-refractivity contribution in [1.29, 1.82) is 0 Å². The molecule has 2 rings (SSSR count). The van der Waals surface area contributed by atoms with Crippen molar-refractivity contribution < 1.29 is 0 Å². The van der Waals surface area contributed by atoms with Crippen LogP contribution in [0, 0.1) is 0 Å². The van der Waals surface area contributed by atoms with Gasteiger partial charge in [-0.15, -0.1) is 0 Å². The number of hydrogen-bond donors (Lipinski definition) is 0. The molecule has 0 bridgehead atoms. The third-order valence-electron chi connectivity index (χ3n) is 3.01. The maximum Gasteiger partial charge on any atom is 0.0672 e. The van der Waals surface area contributed by atoms with E-state index >= 15 is 0 Å². The fraction of sp³-hybridized carbons (Fsp3) is 0.467. The van der Waals surface area contributed by atoms with Gasteiger partial charge in [0, 0.05) is 36.5 Å². The van der Waals surface area contributed by atoms with E-state index < -0.39 is 0 Å². The van der Waals surface area contributed by atoms with Gasteiger partial charge in [-0.25, -0.2) is 0 Å². The highest BCUT2D eigenvalue weighted by Gasteiger charge is 2.20. The highest BCUT2D eigenvalue weighted by atomic mass is 15.3. The number of rotatable bonds is 3. The van der Waals surface area contributed by atoms with Crippen molar-refractivity contribution in [3.8, 4) is 0 Å². The molecular formula is C15H21N3. The molecule has 0 fully saturated rings. The van der Waals surface area contributed by atoms with E-state index in [-0.39, 0.29) is 5.41 Å². The molecule has 96 valence electrons. The second-order valence-electron chi connectivity index (χ2n) is 5.62. The highest BCUT2D eigenvalue weighted by molar-refractivity contribution is 5.23. The molecule has 0 amide bonds. The number of hydrogen-bond acceptors (Lipinski definition) is 2. The molecule has 0 atom stereocenters. The Labute approximate surface area is 109 Å². The van der Waals surface area contributed by atoms with E-state index in [0.717, 1.165) is 18.7 Å². The summed E-state index contributed by atoms with van der Waals surface area (Å²) in [4.78, 5) is 4.14. The van der Waals surface area contributed by atoms with Gasteiger partial charge in [-0.3, -0.25) is 9.67 Å². The Bertz CT molecular complexity index is 506. The van der Waals surface area contributed by atoms with Gasteiger partial charge in [0.25, 0.3) is 0 Å². The first-order valence-electron chi connectivity index (χ1n) is 6.47. The minimum atomic E-state index is 0.135. The Kier molecular flexibility index (Phi) is 3.50. The summed E-state index contributed by atoms with van der Waals surface area (Å²) in [6, 6.07) is 6.28. The lowest BCUT2D eigenvalue weighted by atomic mass is 9.91. The fourth-order valence-electron chi connectivity index (χ4n) is 2.11. The molecule has 0 saturated carbocycles. The Balaban J connectivity index is 2.28. The molecular weight excluding hydrogens is 222 g/mol. The number of aromatic nitrogens is 3. The maximum atomic E-state index is 4.68. The van der Waals surface area contributed by atoms with Crippen molar-refractivity contribution >= 4 is 0 Å². The van der Waals surface area contributed by atoms with Crippen LogP contribution >= 0.6 is 0 Å². The Hall–Kier alpha value is -1.64. The van der Waals surface area contributed by atoms with Crippen LogP contribution in [-0.2, 0) is 18.4 Å². The SMILES string of the molecule is CCn1nc(Cc2cccnc2)cc1C(C)(C)C. The van der Waals surface area contributed by atoms with E-state index in [0.29, 0.717) is 0 Å². The molecule has 18 heavy (non-hydrogen) atoms. The van der Waals surface area contributed by atoms with Crippen LogP contribution in [0.1, 0.15) is 44.6 Å². The Morgan fingerprint density at radius 3 is 2.56 bits per heavy atom. The van der Waals surface area contributed by atoms with Crippen LogP contribution in [0.5, 0.6) is 0 Å². The lowest BCUT2D eigenvalue weighted by Crippen LogP contribution is -2.17. The minimum absolute atomic E-state index is 0.135. The van der Waals surface area contributed by atoms with Crippen LogP contribution in [0.15, 0.2) is 30.6 Å². The standard InChI is InChI=1S/C15H21N3/c1-5-18-14(15(2,3)4)10-13(17-18)9-12-7-6-8-16-11-12/h6-8,10-11H,5,9H2,1-4H3. The molecule has 3 heteroatoms. The highest BCUT2D eigenvalue weighted by Crippen LogP contribution is 2.23. The van der Waals surface area contributed by atoms with Gasteiger partial charge < -0.3 is 0 Å². The zero-order chi connectivity index (χ0) is 13.2. The summed E-state index contributed by atoms with van der Waals surface area (Å²) in [6.45, 7) is 9.73. The van der Waals surface area contributed by atoms with Gasteiger partial charge in [0.2, 0.25) is 0 Å². The van der Waals surface area contributed by atoms with Crippen LogP contribution in [-0.4, -0.2) is 14.8 Å². The van der Waals surface area contributed by atoms with Crippen molar-refractivity contribution in [3.63, 3.8) is 0 Å². The Morgan fingerprint density at radius 2 is 2.06 bits per heavy atom. The third kappa shape index (κ3) is 2.78. The van der Waals surface area contributed by atoms with E-state index in [9.17, 15) is 0 Å². The molecule has 0 spiro atoms. The van der Waals surface area contributed by atoms with E-state index in [4.69, 9.17) is 0 Å². The lowest BCUT2D eigenvalue weighted by molar-refractivity contribution is 0.497. The van der Waals surface area contributed by atoms with Gasteiger partial charge in [-0.1, -0.05) is 26.8 Å². The van der Waals surface area contributed by atoms with Gasteiger partial charge in [-0.2, -0.15) is 5.10 Å². The van der Waals surface area contributed by atoms with Gasteiger partial charge >= 0.3 is 0 Å². The summed E-state index contributed by atoms with van der Waals surface area (Å²) in [5.41, 5.74) is 3.76. The molecule has 0 radical (unpaired) electrons. The van der Waals surface area contributed by atoms with Crippen LogP contribution in [0.2, 0.25) is 0 Å². The van der Waals surface area contributed by atoms with E-state index in [1.165, 1.54) is 11.3 Å². The summed E-state index contributed by atoms with van der Waals surface area (Å²) in [5.74, 6) is 0. The van der Waals surface area contributed by atoms with E-state index in [1.54, 1.807) is 6.20 Å². The summed E-state index contributed by atoms with van der Waals surface area (Å²) < 4.78 is 2.10. The number of aryl methyl sites for hydroxylation is 1. The molecule has 0 aliphatic rings. The zero-order valence-corrected chi connectivity index (χ0v) is 11.6. The fourth-order valence-corrected chi connectivity index (χ4v) is 2.11.